The van der Waals surface area contributed by atoms with E-state index in [1.165, 1.54) is 18.2 Å². The van der Waals surface area contributed by atoms with Gasteiger partial charge in [0.25, 0.3) is 5.91 Å². The van der Waals surface area contributed by atoms with Gasteiger partial charge in [0.05, 0.1) is 29.9 Å². The Morgan fingerprint density at radius 2 is 1.08 bits per heavy atom. The maximum absolute atomic E-state index is 17.0. The highest BCUT2D eigenvalue weighted by Gasteiger charge is 2.52. The topological polar surface area (TPSA) is 653 Å². The normalized spacial score (nSPS) is 28.4. The fraction of sp³-hybridized carbons (Fsp3) is 0.386. The molecule has 0 aromatic heterocycles. The molecule has 17 bridgehead atoms. The van der Waals surface area contributed by atoms with Crippen molar-refractivity contribution < 1.29 is 167 Å². The fourth-order valence-corrected chi connectivity index (χ4v) is 16.6. The number of phenolic OH excluding ortho intramolecular Hbond substituents is 4. The highest BCUT2D eigenvalue weighted by molar-refractivity contribution is 6.43. The lowest BCUT2D eigenvalue weighted by Gasteiger charge is -2.44. The Hall–Kier alpha value is -12.6. The summed E-state index contributed by atoms with van der Waals surface area (Å²) in [6, 6.07) is 0.916. The van der Waals surface area contributed by atoms with Crippen LogP contribution < -0.4 is 66.2 Å². The first-order valence-corrected chi connectivity index (χ1v) is 42.3. The van der Waals surface area contributed by atoms with Crippen LogP contribution >= 0.6 is 23.2 Å². The summed E-state index contributed by atoms with van der Waals surface area (Å²) in [4.78, 5) is 152. The number of Topliss-reactive ketones (excluding diaryl/α,β-unsaturated/α-hetero) is 1. The van der Waals surface area contributed by atoms with Crippen LogP contribution in [0.1, 0.15) is 126 Å². The number of aromatic hydroxyl groups is 4. The maximum atomic E-state index is 17.0. The number of benzene rings is 7. The number of carboxylic acid groups (broad SMARTS) is 1. The summed E-state index contributed by atoms with van der Waals surface area (Å²) < 4.78 is 57.2. The van der Waals surface area contributed by atoms with E-state index in [-0.39, 0.29) is 29.2 Å². The lowest BCUT2D eigenvalue weighted by atomic mass is 9.89. The van der Waals surface area contributed by atoms with Crippen LogP contribution in [0.3, 0.4) is 0 Å². The number of fused-ring (bicyclic) bond motifs is 14. The van der Waals surface area contributed by atoms with Gasteiger partial charge in [-0.1, -0.05) is 73.3 Å². The Kier molecular flexibility index (Phi) is 29.4. The third-order valence-electron chi connectivity index (χ3n) is 22.9. The number of allylic oxidation sites excluding steroid dienone is 2. The van der Waals surface area contributed by atoms with Gasteiger partial charge in [0, 0.05) is 54.2 Å². The SMILES string of the molecule is CCCCC/C=C\CCC(=O)N[C@H]1[C@H](Oc2c3cc4cc2Oc2ccc(cc2Cl)[C@@H](O[C@@H]2O[C@H](CO)[C@@H](O)[C@H](O)[C@H]2NC(C)=O)[C@@H]2NC(=O)[C@H](NC(=O)[C@@H]4NC(=O)[C@H]4NC(=O)[C@@H](Cc5ccc(c(Cl)c5)O3)NC(=O)C(=O)c3ccc(O)c(c3)Oc3cc(O)cc4c3)c3ccc(O)c(c3)-c3c(O[C@H]4O[C@H](CO)[C@@H](O)[C@H](O)[C@@H]4O)cc(O)cc3[C@@H](C(=O)O)NC2=O)O[C@H](CO)[C@@H](O)[C@@H]1O. The zero-order valence-electron chi connectivity index (χ0n) is 69.6. The Balaban J connectivity index is 1.04. The van der Waals surface area contributed by atoms with Crippen LogP contribution in [-0.2, 0) is 68.5 Å². The minimum absolute atomic E-state index is 0.0888. The molecular weight excluding hydrogens is 1780 g/mol. The number of hydrogen-bond donors (Lipinski definition) is 23. The summed E-state index contributed by atoms with van der Waals surface area (Å²) in [5, 5.41) is 189. The number of halogens is 2. The Morgan fingerprint density at radius 1 is 0.508 bits per heavy atom. The van der Waals surface area contributed by atoms with Crippen LogP contribution in [0.25, 0.3) is 11.1 Å². The highest BCUT2D eigenvalue weighted by Crippen LogP contribution is 2.51. The van der Waals surface area contributed by atoms with E-state index in [1.807, 2.05) is 13.0 Å². The molecule has 44 heteroatoms. The van der Waals surface area contributed by atoms with Crippen molar-refractivity contribution in [3.63, 3.8) is 0 Å². The minimum Gasteiger partial charge on any atom is -0.508 e. The van der Waals surface area contributed by atoms with Gasteiger partial charge in [0.1, 0.15) is 150 Å². The first-order valence-electron chi connectivity index (χ1n) is 41.5. The number of rotatable bonds is 19. The lowest BCUT2D eigenvalue weighted by Crippen LogP contribution is -2.65. The average Bonchev–Trinajstić information content (AvgIpc) is 0.757. The van der Waals surface area contributed by atoms with Gasteiger partial charge in [-0.3, -0.25) is 43.2 Å². The summed E-state index contributed by atoms with van der Waals surface area (Å²) in [6.07, 6.45) is -22.5. The van der Waals surface area contributed by atoms with Crippen molar-refractivity contribution >= 4 is 82.2 Å². The third-order valence-corrected chi connectivity index (χ3v) is 23.5. The van der Waals surface area contributed by atoms with Crippen molar-refractivity contribution in [2.24, 2.45) is 0 Å². The van der Waals surface area contributed by atoms with Crippen molar-refractivity contribution in [2.75, 3.05) is 19.8 Å². The number of nitrogens with one attached hydrogen (secondary N) is 8. The molecular formula is C88H92Cl2N8O34. The van der Waals surface area contributed by atoms with Gasteiger partial charge in [-0.15, -0.1) is 0 Å². The van der Waals surface area contributed by atoms with E-state index in [4.69, 9.17) is 65.8 Å². The summed E-state index contributed by atoms with van der Waals surface area (Å²) in [5.41, 5.74) is -4.43. The van der Waals surface area contributed by atoms with Gasteiger partial charge in [0.2, 0.25) is 65.5 Å². The molecule has 9 aliphatic rings. The minimum atomic E-state index is -2.60. The predicted molar refractivity (Wildman–Crippen MR) is 450 cm³/mol. The van der Waals surface area contributed by atoms with Crippen LogP contribution in [0.2, 0.25) is 10.0 Å². The molecule has 7 aromatic rings. The van der Waals surface area contributed by atoms with Crippen LogP contribution in [0.15, 0.2) is 127 Å². The number of carboxylic acids is 1. The number of amides is 8. The molecule has 3 fully saturated rings. The zero-order chi connectivity index (χ0) is 94.7. The summed E-state index contributed by atoms with van der Waals surface area (Å²) in [5.74, 6) is -22.1. The molecule has 3 saturated heterocycles. The molecule has 0 aliphatic carbocycles. The zero-order valence-corrected chi connectivity index (χ0v) is 71.1. The average molecular weight is 1880 g/mol. The highest BCUT2D eigenvalue weighted by atomic mass is 35.5. The molecule has 0 radical (unpaired) electrons. The van der Waals surface area contributed by atoms with Crippen LogP contribution in [0.4, 0.5) is 0 Å². The second-order valence-corrected chi connectivity index (χ2v) is 32.9. The van der Waals surface area contributed by atoms with Gasteiger partial charge < -0.3 is 162 Å². The first-order chi connectivity index (χ1) is 63.0. The van der Waals surface area contributed by atoms with E-state index in [0.29, 0.717) is 6.42 Å². The van der Waals surface area contributed by atoms with E-state index in [9.17, 15) is 101 Å². The van der Waals surface area contributed by atoms with E-state index in [0.717, 1.165) is 123 Å². The number of unbranched alkanes of at least 4 members (excludes halogenated alkanes) is 3. The molecule has 9 aliphatic heterocycles. The number of aliphatic hydroxyl groups excluding tert-OH is 10. The van der Waals surface area contributed by atoms with Gasteiger partial charge >= 0.3 is 5.97 Å². The number of aliphatic carboxylic acids is 1. The second kappa shape index (κ2) is 40.6. The van der Waals surface area contributed by atoms with Crippen molar-refractivity contribution in [1.29, 1.82) is 0 Å². The Bertz CT molecular complexity index is 5650. The molecule has 23 N–H and O–H groups in total. The van der Waals surface area contributed by atoms with Gasteiger partial charge in [0.15, 0.2) is 35.3 Å². The monoisotopic (exact) mass is 1870 g/mol. The van der Waals surface area contributed by atoms with Crippen molar-refractivity contribution in [3.05, 3.63) is 176 Å². The summed E-state index contributed by atoms with van der Waals surface area (Å²) in [7, 11) is 0. The predicted octanol–water partition coefficient (Wildman–Crippen LogP) is 1.12. The molecule has 42 nitrogen and oxygen atoms in total. The lowest BCUT2D eigenvalue weighted by molar-refractivity contribution is -0.284. The van der Waals surface area contributed by atoms with E-state index in [1.54, 1.807) is 6.08 Å². The number of carbonyl (C=O) groups is 10. The maximum Gasteiger partial charge on any atom is 0.330 e. The van der Waals surface area contributed by atoms with Gasteiger partial charge in [-0.25, -0.2) is 4.79 Å². The second-order valence-electron chi connectivity index (χ2n) is 32.1. The molecule has 0 spiro atoms. The number of hydrogen-bond acceptors (Lipinski definition) is 33. The van der Waals surface area contributed by atoms with Gasteiger partial charge in [-0.2, -0.15) is 0 Å². The van der Waals surface area contributed by atoms with E-state index >= 15 is 24.0 Å². The molecule has 22 atom stereocenters. The number of ketones is 1. The quantitative estimate of drug-likeness (QED) is 0.0306. The number of aliphatic hydroxyl groups is 10. The standard InChI is InChI=1S/C88H92Cl2N8O34/c1-3-4-5-6-7-8-9-10-60(107)93-67-74(113)71(110)58(32-100)129-87(67)132-78-55-26-40-27-56(78)126-52-18-14-38(24-47(52)90)77(131-86-66(91-34(2)102)73(112)70(109)57(31-99)128-86)68-83(120)97-65(85(122)123)45-29-42(104)30-54(127-88-76(115)75(114)72(111)59(33-101)130-88)61(45)44-23-36(12-15-49(44)105)62(80(117)98-68)95-82(119)64(40)96-81(118)63-39-21-41(103)28-43(22-39)124-53-25-37(13-16-50(53)106)69(108)84(121)92-48(79(116)94-63)20-35-11-17-51(125-55)46(89)19-35/h7-8,11-19,21-30,48,57-59,62-68,70-77,86-88,99-101,103-106,109-115H,3-6,9-10,20,31-33H2,1-2H3,(H,91,102)(H,92,121)(H,93,107)(H,94,116)(H,95,119)(H,96,118)(H,97,120)(H,98,117)(H,122,123)/b8-7-/t48-,57-,58-,59-,62-,63+,64-,65+,66-,67-,68+,70-,71-,72-,73-,74-,75+,76+,77-,86+,87+,88+/m1/s1. The molecule has 0 saturated carbocycles. The number of phenols is 4. The molecule has 702 valence electrons. The molecule has 9 heterocycles. The Morgan fingerprint density at radius 3 is 1.72 bits per heavy atom. The number of carbonyl (C=O) groups excluding carboxylic acids is 9. The first kappa shape index (κ1) is 95.5. The van der Waals surface area contributed by atoms with E-state index in [2.05, 4.69) is 42.5 Å². The van der Waals surface area contributed by atoms with Crippen LogP contribution in [-0.4, -0.2) is 260 Å². The van der Waals surface area contributed by atoms with Crippen molar-refractivity contribution in [1.82, 2.24) is 42.5 Å². The largest absolute Gasteiger partial charge is 0.508 e. The van der Waals surface area contributed by atoms with E-state index < -0.39 is 332 Å². The van der Waals surface area contributed by atoms with Crippen LogP contribution in [0, 0.1) is 0 Å². The third kappa shape index (κ3) is 20.5. The molecule has 16 rings (SSSR count). The van der Waals surface area contributed by atoms with Crippen LogP contribution in [0.5, 0.6) is 69.0 Å². The molecule has 8 amide bonds. The fourth-order valence-electron chi connectivity index (χ4n) is 16.1. The van der Waals surface area contributed by atoms with Crippen molar-refractivity contribution in [2.45, 2.75) is 193 Å². The summed E-state index contributed by atoms with van der Waals surface area (Å²) >= 11 is 14.7. The van der Waals surface area contributed by atoms with Gasteiger partial charge in [-0.05, 0) is 132 Å². The van der Waals surface area contributed by atoms with Crippen molar-refractivity contribution in [3.8, 4) is 80.1 Å². The molecule has 132 heavy (non-hydrogen) atoms. The number of ether oxygens (including phenoxy) is 9. The molecule has 0 unspecified atom stereocenters. The molecule has 7 aromatic carbocycles. The Labute approximate surface area is 757 Å². The smallest absolute Gasteiger partial charge is 0.330 e. The summed E-state index contributed by atoms with van der Waals surface area (Å²) in [6.45, 7) is -0.182.